The molecule has 1 atom stereocenters. The first kappa shape index (κ1) is 17.9. The van der Waals surface area contributed by atoms with E-state index in [1.54, 1.807) is 18.3 Å². The monoisotopic (exact) mass is 385 g/mol. The van der Waals surface area contributed by atoms with Crippen molar-refractivity contribution >= 4 is 11.6 Å². The Hall–Kier alpha value is -2.54. The van der Waals surface area contributed by atoms with Crippen LogP contribution in [-0.2, 0) is 6.54 Å². The fraction of sp³-hybridized carbons (Fsp3) is 0.250. The number of aliphatic hydroxyl groups is 1. The highest BCUT2D eigenvalue weighted by atomic mass is 35.5. The van der Waals surface area contributed by atoms with Crippen LogP contribution >= 0.6 is 11.6 Å². The number of rotatable bonds is 6. The van der Waals surface area contributed by atoms with Crippen molar-refractivity contribution in [2.45, 2.75) is 12.6 Å². The molecule has 2 aromatic carbocycles. The Bertz CT molecular complexity index is 911. The van der Waals surface area contributed by atoms with Crippen molar-refractivity contribution in [1.82, 2.24) is 15.5 Å². The molecule has 27 heavy (non-hydrogen) atoms. The molecule has 0 bridgehead atoms. The van der Waals surface area contributed by atoms with Gasteiger partial charge in [0.1, 0.15) is 13.2 Å². The number of fused-ring (bicyclic) bond motifs is 1. The molecule has 2 heterocycles. The molecule has 0 aliphatic carbocycles. The number of aromatic amines is 1. The van der Waals surface area contributed by atoms with Crippen molar-refractivity contribution in [2.75, 3.05) is 19.8 Å². The third-order valence-electron chi connectivity index (χ3n) is 4.46. The van der Waals surface area contributed by atoms with Crippen LogP contribution in [0.5, 0.6) is 11.5 Å². The smallest absolute Gasteiger partial charge is 0.162 e. The Morgan fingerprint density at radius 1 is 1.11 bits per heavy atom. The van der Waals surface area contributed by atoms with Crippen LogP contribution in [0.1, 0.15) is 17.2 Å². The fourth-order valence-electron chi connectivity index (χ4n) is 3.04. The van der Waals surface area contributed by atoms with E-state index in [0.717, 1.165) is 33.9 Å². The standard InChI is InChI=1S/C20H20ClN3O3/c21-16-4-1-13(2-5-16)17(25)12-22-10-15-11-23-24-20(15)14-3-6-18-19(9-14)27-8-7-26-18/h1-6,9,11,17,22,25H,7-8,10,12H2,(H,23,24)/t17-/m1/s1. The summed E-state index contributed by atoms with van der Waals surface area (Å²) < 4.78 is 11.2. The van der Waals surface area contributed by atoms with Gasteiger partial charge in [-0.3, -0.25) is 5.10 Å². The molecule has 0 unspecified atom stereocenters. The average Bonchev–Trinajstić information content (AvgIpc) is 3.16. The van der Waals surface area contributed by atoms with Gasteiger partial charge >= 0.3 is 0 Å². The minimum absolute atomic E-state index is 0.424. The first-order chi connectivity index (χ1) is 13.2. The summed E-state index contributed by atoms with van der Waals surface area (Å²) in [5.41, 5.74) is 3.73. The molecular weight excluding hydrogens is 366 g/mol. The van der Waals surface area contributed by atoms with Crippen LogP contribution in [0.15, 0.2) is 48.7 Å². The van der Waals surface area contributed by atoms with E-state index < -0.39 is 6.10 Å². The maximum atomic E-state index is 10.3. The quantitative estimate of drug-likeness (QED) is 0.606. The lowest BCUT2D eigenvalue weighted by Gasteiger charge is -2.19. The minimum atomic E-state index is -0.605. The first-order valence-corrected chi connectivity index (χ1v) is 9.15. The fourth-order valence-corrected chi connectivity index (χ4v) is 3.17. The largest absolute Gasteiger partial charge is 0.486 e. The summed E-state index contributed by atoms with van der Waals surface area (Å²) in [5.74, 6) is 1.50. The van der Waals surface area contributed by atoms with E-state index in [0.29, 0.717) is 31.3 Å². The predicted octanol–water partition coefficient (Wildman–Crippen LogP) is 3.32. The van der Waals surface area contributed by atoms with Gasteiger partial charge in [0.05, 0.1) is 18.0 Å². The maximum Gasteiger partial charge on any atom is 0.162 e. The van der Waals surface area contributed by atoms with Crippen LogP contribution in [0.25, 0.3) is 11.3 Å². The number of nitrogens with one attached hydrogen (secondary N) is 2. The summed E-state index contributed by atoms with van der Waals surface area (Å²) in [4.78, 5) is 0. The minimum Gasteiger partial charge on any atom is -0.486 e. The molecule has 0 spiro atoms. The van der Waals surface area contributed by atoms with Gasteiger partial charge in [0, 0.05) is 29.2 Å². The average molecular weight is 386 g/mol. The van der Waals surface area contributed by atoms with Gasteiger partial charge in [0.2, 0.25) is 0 Å². The molecule has 4 rings (SSSR count). The van der Waals surface area contributed by atoms with Gasteiger partial charge in [-0.2, -0.15) is 5.10 Å². The molecule has 6 nitrogen and oxygen atoms in total. The van der Waals surface area contributed by atoms with Crippen LogP contribution in [-0.4, -0.2) is 35.1 Å². The van der Waals surface area contributed by atoms with E-state index in [1.807, 2.05) is 30.3 Å². The van der Waals surface area contributed by atoms with E-state index in [9.17, 15) is 5.11 Å². The van der Waals surface area contributed by atoms with E-state index in [-0.39, 0.29) is 0 Å². The van der Waals surface area contributed by atoms with Crippen LogP contribution < -0.4 is 14.8 Å². The van der Waals surface area contributed by atoms with Gasteiger partial charge in [-0.1, -0.05) is 23.7 Å². The third-order valence-corrected chi connectivity index (χ3v) is 4.71. The number of H-pyrrole nitrogens is 1. The molecule has 0 saturated carbocycles. The van der Waals surface area contributed by atoms with E-state index in [2.05, 4.69) is 15.5 Å². The van der Waals surface area contributed by atoms with Gasteiger partial charge in [-0.05, 0) is 35.9 Å². The Labute approximate surface area is 162 Å². The molecule has 140 valence electrons. The number of halogens is 1. The van der Waals surface area contributed by atoms with Gasteiger partial charge in [0.25, 0.3) is 0 Å². The molecule has 1 aliphatic rings. The second-order valence-corrected chi connectivity index (χ2v) is 6.76. The van der Waals surface area contributed by atoms with Crippen molar-refractivity contribution in [3.8, 4) is 22.8 Å². The first-order valence-electron chi connectivity index (χ1n) is 8.77. The molecule has 0 radical (unpaired) electrons. The number of aromatic nitrogens is 2. The summed E-state index contributed by atoms with van der Waals surface area (Å²) in [6, 6.07) is 13.0. The van der Waals surface area contributed by atoms with E-state index in [1.165, 1.54) is 0 Å². The van der Waals surface area contributed by atoms with Gasteiger partial charge in [-0.15, -0.1) is 0 Å². The second kappa shape index (κ2) is 8.00. The highest BCUT2D eigenvalue weighted by molar-refractivity contribution is 6.30. The van der Waals surface area contributed by atoms with Gasteiger partial charge < -0.3 is 19.9 Å². The van der Waals surface area contributed by atoms with Gasteiger partial charge in [-0.25, -0.2) is 0 Å². The second-order valence-electron chi connectivity index (χ2n) is 6.33. The Balaban J connectivity index is 1.41. The topological polar surface area (TPSA) is 79.4 Å². The summed E-state index contributed by atoms with van der Waals surface area (Å²) in [6.07, 6.45) is 1.18. The van der Waals surface area contributed by atoms with Crippen LogP contribution in [0, 0.1) is 0 Å². The third kappa shape index (κ3) is 4.08. The van der Waals surface area contributed by atoms with Crippen molar-refractivity contribution in [3.63, 3.8) is 0 Å². The highest BCUT2D eigenvalue weighted by Gasteiger charge is 2.15. The normalized spacial score (nSPS) is 14.1. The summed E-state index contributed by atoms with van der Waals surface area (Å²) in [6.45, 7) is 2.12. The molecule has 1 aliphatic heterocycles. The van der Waals surface area contributed by atoms with Crippen molar-refractivity contribution in [1.29, 1.82) is 0 Å². The summed E-state index contributed by atoms with van der Waals surface area (Å²) in [7, 11) is 0. The van der Waals surface area contributed by atoms with E-state index >= 15 is 0 Å². The Kier molecular flexibility index (Phi) is 5.29. The molecular formula is C20H20ClN3O3. The van der Waals surface area contributed by atoms with Crippen LogP contribution in [0.2, 0.25) is 5.02 Å². The highest BCUT2D eigenvalue weighted by Crippen LogP contribution is 2.34. The molecule has 3 aromatic rings. The number of hydrogen-bond acceptors (Lipinski definition) is 5. The lowest BCUT2D eigenvalue weighted by Crippen LogP contribution is -2.21. The summed E-state index contributed by atoms with van der Waals surface area (Å²) >= 11 is 5.88. The number of ether oxygens (including phenoxy) is 2. The number of benzene rings is 2. The Morgan fingerprint density at radius 3 is 2.70 bits per heavy atom. The van der Waals surface area contributed by atoms with Crippen LogP contribution in [0.4, 0.5) is 0 Å². The zero-order valence-corrected chi connectivity index (χ0v) is 15.4. The van der Waals surface area contributed by atoms with Crippen molar-refractivity contribution in [2.24, 2.45) is 0 Å². The molecule has 0 saturated heterocycles. The zero-order valence-electron chi connectivity index (χ0n) is 14.6. The number of nitrogens with zero attached hydrogens (tertiary/aromatic N) is 1. The predicted molar refractivity (Wildman–Crippen MR) is 103 cm³/mol. The van der Waals surface area contributed by atoms with Crippen LogP contribution in [0.3, 0.4) is 0 Å². The molecule has 1 aromatic heterocycles. The summed E-state index contributed by atoms with van der Waals surface area (Å²) in [5, 5.41) is 21.4. The molecule has 0 amide bonds. The SMILES string of the molecule is O[C@H](CNCc1cn[nH]c1-c1ccc2c(c1)OCCO2)c1ccc(Cl)cc1. The maximum absolute atomic E-state index is 10.3. The van der Waals surface area contributed by atoms with Crippen molar-refractivity contribution < 1.29 is 14.6 Å². The number of aliphatic hydroxyl groups excluding tert-OH is 1. The van der Waals surface area contributed by atoms with Crippen molar-refractivity contribution in [3.05, 3.63) is 64.8 Å². The molecule has 0 fully saturated rings. The molecule has 7 heteroatoms. The van der Waals surface area contributed by atoms with E-state index in [4.69, 9.17) is 21.1 Å². The Morgan fingerprint density at radius 2 is 1.89 bits per heavy atom. The lowest BCUT2D eigenvalue weighted by atomic mass is 10.1. The lowest BCUT2D eigenvalue weighted by molar-refractivity contribution is 0.171. The zero-order chi connectivity index (χ0) is 18.6. The van der Waals surface area contributed by atoms with Gasteiger partial charge in [0.15, 0.2) is 11.5 Å². The molecule has 3 N–H and O–H groups in total. The number of hydrogen-bond donors (Lipinski definition) is 3.